The topological polar surface area (TPSA) is 46.5 Å². The van der Waals surface area contributed by atoms with Crippen molar-refractivity contribution < 1.29 is 27.8 Å². The molecule has 0 fully saturated rings. The van der Waals surface area contributed by atoms with Gasteiger partial charge in [0, 0.05) is 0 Å². The normalized spacial score (nSPS) is 15.3. The monoisotopic (exact) mass is 372 g/mol. The third-order valence-corrected chi connectivity index (χ3v) is 4.30. The van der Waals surface area contributed by atoms with Crippen LogP contribution >= 0.6 is 11.6 Å². The number of rotatable bonds is 5. The van der Waals surface area contributed by atoms with Crippen LogP contribution in [0.5, 0.6) is 0 Å². The Morgan fingerprint density at radius 3 is 2.28 bits per heavy atom. The number of hydrogen-bond acceptors (Lipinski definition) is 3. The highest BCUT2D eigenvalue weighted by atomic mass is 35.5. The number of ether oxygens (including phenoxy) is 1. The van der Waals surface area contributed by atoms with E-state index in [1.54, 1.807) is 18.2 Å². The van der Waals surface area contributed by atoms with Crippen LogP contribution in [0.25, 0.3) is 0 Å². The van der Waals surface area contributed by atoms with Crippen molar-refractivity contribution in [2.24, 2.45) is 5.92 Å². The number of halogens is 4. The van der Waals surface area contributed by atoms with Crippen molar-refractivity contribution >= 4 is 17.6 Å². The first-order valence-corrected chi connectivity index (χ1v) is 7.75. The molecule has 0 heterocycles. The summed E-state index contributed by atoms with van der Waals surface area (Å²) in [5.41, 5.74) is -0.384. The molecule has 0 radical (unpaired) electrons. The predicted molar refractivity (Wildman–Crippen MR) is 86.8 cm³/mol. The van der Waals surface area contributed by atoms with E-state index in [2.05, 4.69) is 4.74 Å². The third kappa shape index (κ3) is 4.52. The van der Waals surface area contributed by atoms with E-state index in [-0.39, 0.29) is 17.5 Å². The van der Waals surface area contributed by atoms with Crippen LogP contribution in [0.1, 0.15) is 16.7 Å². The van der Waals surface area contributed by atoms with E-state index in [1.165, 1.54) is 24.3 Å². The molecule has 2 aromatic rings. The van der Waals surface area contributed by atoms with E-state index in [1.807, 2.05) is 0 Å². The Kier molecular flexibility index (Phi) is 5.75. The van der Waals surface area contributed by atoms with Crippen LogP contribution in [0.2, 0.25) is 0 Å². The summed E-state index contributed by atoms with van der Waals surface area (Å²) >= 11 is 6.21. The van der Waals surface area contributed by atoms with Crippen LogP contribution in [0, 0.1) is 5.92 Å². The van der Waals surface area contributed by atoms with Crippen molar-refractivity contribution in [1.82, 2.24) is 0 Å². The predicted octanol–water partition coefficient (Wildman–Crippen LogP) is 4.12. The molecule has 0 saturated carbocycles. The minimum atomic E-state index is -4.51. The molecule has 0 amide bonds. The van der Waals surface area contributed by atoms with Gasteiger partial charge < -0.3 is 9.84 Å². The zero-order valence-electron chi connectivity index (χ0n) is 13.3. The first-order chi connectivity index (χ1) is 11.7. The molecule has 25 heavy (non-hydrogen) atoms. The van der Waals surface area contributed by atoms with Gasteiger partial charge >= 0.3 is 12.1 Å². The number of esters is 1. The molecule has 0 aliphatic rings. The molecule has 0 aromatic heterocycles. The molecule has 2 unspecified atom stereocenters. The van der Waals surface area contributed by atoms with E-state index >= 15 is 0 Å². The minimum absolute atomic E-state index is 0.209. The van der Waals surface area contributed by atoms with Crippen LogP contribution in [0.3, 0.4) is 0 Å². The van der Waals surface area contributed by atoms with E-state index in [0.717, 1.165) is 19.2 Å². The maximum Gasteiger partial charge on any atom is 0.416 e. The Morgan fingerprint density at radius 2 is 1.72 bits per heavy atom. The van der Waals surface area contributed by atoms with E-state index < -0.39 is 28.7 Å². The van der Waals surface area contributed by atoms with Crippen molar-refractivity contribution in [2.45, 2.75) is 17.7 Å². The Labute approximate surface area is 148 Å². The average molecular weight is 373 g/mol. The number of carbonyl (C=O) groups is 1. The van der Waals surface area contributed by atoms with Crippen LogP contribution in [-0.4, -0.2) is 18.2 Å². The van der Waals surface area contributed by atoms with Gasteiger partial charge in [0.1, 0.15) is 5.92 Å². The molecule has 134 valence electrons. The molecule has 7 heteroatoms. The fourth-order valence-corrected chi connectivity index (χ4v) is 2.79. The molecular formula is C18H16ClF3O3. The van der Waals surface area contributed by atoms with E-state index in [9.17, 15) is 23.1 Å². The molecule has 1 N–H and O–H groups in total. The SMILES string of the molecule is COC(=O)C(Cc1cccc(C(F)(F)F)c1)C(O)(Cl)c1ccccc1. The van der Waals surface area contributed by atoms with E-state index in [0.29, 0.717) is 0 Å². The molecule has 0 aliphatic carbocycles. The van der Waals surface area contributed by atoms with Crippen molar-refractivity contribution in [3.63, 3.8) is 0 Å². The summed E-state index contributed by atoms with van der Waals surface area (Å²) in [4.78, 5) is 12.1. The van der Waals surface area contributed by atoms with Gasteiger partial charge in [-0.05, 0) is 23.6 Å². The van der Waals surface area contributed by atoms with Crippen molar-refractivity contribution in [1.29, 1.82) is 0 Å². The number of aliphatic hydroxyl groups is 1. The molecule has 2 aromatic carbocycles. The molecule has 0 bridgehead atoms. The summed E-state index contributed by atoms with van der Waals surface area (Å²) in [6.07, 6.45) is -4.72. The summed E-state index contributed by atoms with van der Waals surface area (Å²) in [5, 5.41) is 8.56. The molecule has 0 spiro atoms. The molecular weight excluding hydrogens is 357 g/mol. The quantitative estimate of drug-likeness (QED) is 0.634. The average Bonchev–Trinajstić information content (AvgIpc) is 2.59. The van der Waals surface area contributed by atoms with Gasteiger partial charge in [-0.25, -0.2) is 0 Å². The van der Waals surface area contributed by atoms with Crippen molar-refractivity contribution in [2.75, 3.05) is 7.11 Å². The molecule has 0 saturated heterocycles. The molecule has 0 aliphatic heterocycles. The Bertz CT molecular complexity index is 730. The minimum Gasteiger partial charge on any atom is -0.469 e. The largest absolute Gasteiger partial charge is 0.469 e. The summed E-state index contributed by atoms with van der Waals surface area (Å²) in [6.45, 7) is 0. The lowest BCUT2D eigenvalue weighted by Crippen LogP contribution is -2.37. The lowest BCUT2D eigenvalue weighted by molar-refractivity contribution is -0.151. The second kappa shape index (κ2) is 7.45. The third-order valence-electron chi connectivity index (χ3n) is 3.82. The second-order valence-electron chi connectivity index (χ2n) is 5.52. The summed E-state index contributed by atoms with van der Waals surface area (Å²) in [5.74, 6) is -2.11. The number of benzene rings is 2. The molecule has 2 atom stereocenters. The van der Waals surface area contributed by atoms with Crippen LogP contribution in [0.4, 0.5) is 13.2 Å². The van der Waals surface area contributed by atoms with Gasteiger partial charge in [0.25, 0.3) is 0 Å². The van der Waals surface area contributed by atoms with Crippen molar-refractivity contribution in [3.8, 4) is 0 Å². The number of carbonyl (C=O) groups excluding carboxylic acids is 1. The van der Waals surface area contributed by atoms with Gasteiger partial charge in [0.15, 0.2) is 5.06 Å². The van der Waals surface area contributed by atoms with Gasteiger partial charge in [-0.3, -0.25) is 4.79 Å². The smallest absolute Gasteiger partial charge is 0.416 e. The van der Waals surface area contributed by atoms with Gasteiger partial charge in [0.2, 0.25) is 0 Å². The first-order valence-electron chi connectivity index (χ1n) is 7.37. The van der Waals surface area contributed by atoms with Crippen LogP contribution < -0.4 is 0 Å². The Hall–Kier alpha value is -2.05. The standard InChI is InChI=1S/C18H16ClF3O3/c1-25-16(23)15(17(19,24)13-7-3-2-4-8-13)11-12-6-5-9-14(10-12)18(20,21)22/h2-10,15,24H,11H2,1H3. The Morgan fingerprint density at radius 1 is 1.12 bits per heavy atom. The highest BCUT2D eigenvalue weighted by Crippen LogP contribution is 2.38. The summed E-state index contributed by atoms with van der Waals surface area (Å²) in [7, 11) is 1.12. The highest BCUT2D eigenvalue weighted by molar-refractivity contribution is 6.24. The number of alkyl halides is 4. The van der Waals surface area contributed by atoms with Gasteiger partial charge in [-0.15, -0.1) is 0 Å². The zero-order chi connectivity index (χ0) is 18.7. The van der Waals surface area contributed by atoms with Crippen molar-refractivity contribution in [3.05, 3.63) is 71.3 Å². The maximum atomic E-state index is 12.9. The molecule has 2 rings (SSSR count). The number of methoxy groups -OCH3 is 1. The number of hydrogen-bond donors (Lipinski definition) is 1. The van der Waals surface area contributed by atoms with Gasteiger partial charge in [-0.1, -0.05) is 60.1 Å². The van der Waals surface area contributed by atoms with Gasteiger partial charge in [0.05, 0.1) is 12.7 Å². The highest BCUT2D eigenvalue weighted by Gasteiger charge is 2.42. The summed E-state index contributed by atoms with van der Waals surface area (Å²) < 4.78 is 43.3. The van der Waals surface area contributed by atoms with E-state index in [4.69, 9.17) is 11.6 Å². The lowest BCUT2D eigenvalue weighted by atomic mass is 9.88. The summed E-state index contributed by atoms with van der Waals surface area (Å²) in [6, 6.07) is 12.5. The maximum absolute atomic E-state index is 12.9. The second-order valence-corrected chi connectivity index (χ2v) is 6.09. The van der Waals surface area contributed by atoms with Gasteiger partial charge in [-0.2, -0.15) is 13.2 Å². The molecule has 3 nitrogen and oxygen atoms in total. The first kappa shape index (κ1) is 19.3. The fraction of sp³-hybridized carbons (Fsp3) is 0.278. The Balaban J connectivity index is 2.38. The lowest BCUT2D eigenvalue weighted by Gasteiger charge is -2.29. The zero-order valence-corrected chi connectivity index (χ0v) is 14.0. The fourth-order valence-electron chi connectivity index (χ4n) is 2.50. The van der Waals surface area contributed by atoms with Crippen LogP contribution in [-0.2, 0) is 27.2 Å². The van der Waals surface area contributed by atoms with Crippen LogP contribution in [0.15, 0.2) is 54.6 Å².